The molecule has 4 nitrogen and oxygen atoms in total. The van der Waals surface area contributed by atoms with Crippen molar-refractivity contribution in [1.82, 2.24) is 0 Å². The first-order valence-electron chi connectivity index (χ1n) is 16.7. The van der Waals surface area contributed by atoms with Crippen molar-refractivity contribution in [3.8, 4) is 0 Å². The Kier molecular flexibility index (Phi) is 9.33. The molecule has 2 aliphatic rings. The number of hydrogen-bond donors (Lipinski definition) is 0. The predicted octanol–water partition coefficient (Wildman–Crippen LogP) is 8.34. The van der Waals surface area contributed by atoms with Crippen LogP contribution in [0, 0.1) is 11.8 Å². The van der Waals surface area contributed by atoms with Crippen molar-refractivity contribution in [2.75, 3.05) is 4.90 Å². The van der Waals surface area contributed by atoms with Crippen LogP contribution in [0.25, 0.3) is 0 Å². The Labute approximate surface area is 283 Å². The molecule has 5 aromatic carbocycles. The highest BCUT2D eigenvalue weighted by atomic mass is 16.2. The minimum absolute atomic E-state index is 0.00588. The van der Waals surface area contributed by atoms with Gasteiger partial charge in [0.1, 0.15) is 5.92 Å². The van der Waals surface area contributed by atoms with E-state index in [9.17, 15) is 9.59 Å². The van der Waals surface area contributed by atoms with Crippen molar-refractivity contribution in [2.24, 2.45) is 11.8 Å². The van der Waals surface area contributed by atoms with Crippen LogP contribution in [-0.2, 0) is 35.8 Å². The van der Waals surface area contributed by atoms with Crippen LogP contribution < -0.4 is 4.90 Å². The number of ketones is 2. The van der Waals surface area contributed by atoms with Crippen LogP contribution in [0.4, 0.5) is 5.69 Å². The summed E-state index contributed by atoms with van der Waals surface area (Å²) in [4.78, 5) is 29.4. The standard InChI is InChI=1S/C44H39N2O2/c47-43-41(37-21-25-39(26-22-37)45(29-33-13-5-1-6-14-33)30-34-15-7-2-8-16-34)44(48)42(43)38-23-27-40(28-24-38)46(31-35-17-9-3-10-18-35)32-36-19-11-4-12-20-36/h1-28,37,41-42H,29-32H2/q+1. The summed E-state index contributed by atoms with van der Waals surface area (Å²) in [5.41, 5.74) is 7.80. The van der Waals surface area contributed by atoms with Gasteiger partial charge in [-0.25, -0.2) is 4.58 Å². The van der Waals surface area contributed by atoms with E-state index in [4.69, 9.17) is 0 Å². The van der Waals surface area contributed by atoms with E-state index in [-0.39, 0.29) is 17.5 Å². The molecule has 0 N–H and O–H groups in total. The smallest absolute Gasteiger partial charge is 0.199 e. The molecule has 1 fully saturated rings. The summed E-state index contributed by atoms with van der Waals surface area (Å²) >= 11 is 0. The average Bonchev–Trinajstić information content (AvgIpc) is 3.14. The minimum atomic E-state index is -0.694. The number of anilines is 1. The number of allylic oxidation sites excluding steroid dienone is 4. The van der Waals surface area contributed by atoms with E-state index in [0.29, 0.717) is 0 Å². The van der Waals surface area contributed by atoms with Gasteiger partial charge in [-0.15, -0.1) is 0 Å². The number of Topliss-reactive ketones (excluding diaryl/α,β-unsaturated/α-hetero) is 2. The summed E-state index contributed by atoms with van der Waals surface area (Å²) in [6, 6.07) is 49.7. The van der Waals surface area contributed by atoms with E-state index in [1.807, 2.05) is 60.7 Å². The predicted molar refractivity (Wildman–Crippen MR) is 193 cm³/mol. The minimum Gasteiger partial charge on any atom is -0.363 e. The van der Waals surface area contributed by atoms with Gasteiger partial charge < -0.3 is 4.90 Å². The highest BCUT2D eigenvalue weighted by Gasteiger charge is 2.52. The fraction of sp³-hybridized carbons (Fsp3) is 0.159. The van der Waals surface area contributed by atoms with E-state index in [2.05, 4.69) is 119 Å². The molecule has 5 aromatic rings. The van der Waals surface area contributed by atoms with Crippen LogP contribution in [0.2, 0.25) is 0 Å². The van der Waals surface area contributed by atoms with Crippen molar-refractivity contribution in [2.45, 2.75) is 32.1 Å². The lowest BCUT2D eigenvalue weighted by Crippen LogP contribution is -2.49. The molecular weight excluding hydrogens is 588 g/mol. The summed E-state index contributed by atoms with van der Waals surface area (Å²) in [6.45, 7) is 3.04. The third-order valence-corrected chi connectivity index (χ3v) is 9.37. The van der Waals surface area contributed by atoms with Crippen molar-refractivity contribution < 1.29 is 14.2 Å². The Morgan fingerprint density at radius 2 is 0.917 bits per heavy atom. The van der Waals surface area contributed by atoms with E-state index in [1.54, 1.807) is 0 Å². The van der Waals surface area contributed by atoms with Gasteiger partial charge in [0.05, 0.1) is 5.92 Å². The van der Waals surface area contributed by atoms with Gasteiger partial charge in [0.2, 0.25) is 0 Å². The lowest BCUT2D eigenvalue weighted by Gasteiger charge is -2.36. The highest BCUT2D eigenvalue weighted by Crippen LogP contribution is 2.41. The Hall–Kier alpha value is -5.61. The van der Waals surface area contributed by atoms with Crippen LogP contribution in [0.15, 0.2) is 170 Å². The first-order chi connectivity index (χ1) is 23.6. The Morgan fingerprint density at radius 1 is 0.500 bits per heavy atom. The zero-order valence-corrected chi connectivity index (χ0v) is 26.9. The van der Waals surface area contributed by atoms with Gasteiger partial charge in [-0.2, -0.15) is 0 Å². The molecule has 0 atom stereocenters. The number of hydrogen-bond acceptors (Lipinski definition) is 3. The summed E-state index contributed by atoms with van der Waals surface area (Å²) in [6.07, 6.45) is 8.22. The molecule has 1 saturated carbocycles. The molecule has 0 aliphatic heterocycles. The van der Waals surface area contributed by atoms with Crippen molar-refractivity contribution in [3.63, 3.8) is 0 Å². The molecule has 0 amide bonds. The lowest BCUT2D eigenvalue weighted by molar-refractivity contribution is -0.558. The topological polar surface area (TPSA) is 40.4 Å². The number of rotatable bonds is 11. The fourth-order valence-corrected chi connectivity index (χ4v) is 6.79. The molecule has 2 aliphatic carbocycles. The van der Waals surface area contributed by atoms with Gasteiger partial charge in [-0.1, -0.05) is 146 Å². The maximum Gasteiger partial charge on any atom is 0.199 e. The number of nitrogens with zero attached hydrogens (tertiary/aromatic N) is 2. The van der Waals surface area contributed by atoms with E-state index in [0.717, 1.165) is 43.1 Å². The Balaban J connectivity index is 1.05. The van der Waals surface area contributed by atoms with Gasteiger partial charge in [-0.3, -0.25) is 9.59 Å². The molecule has 0 unspecified atom stereocenters. The second kappa shape index (κ2) is 14.4. The SMILES string of the molecule is O=C1C(c2ccc(N(Cc3ccccc3)Cc3ccccc3)cc2)C(=O)C1C1C=CC(=[N+](Cc2ccccc2)Cc2ccccc2)C=C1. The van der Waals surface area contributed by atoms with Crippen LogP contribution in [0.5, 0.6) is 0 Å². The molecule has 0 aromatic heterocycles. The zero-order chi connectivity index (χ0) is 32.7. The maximum absolute atomic E-state index is 13.6. The third-order valence-electron chi connectivity index (χ3n) is 9.37. The largest absolute Gasteiger partial charge is 0.363 e. The van der Waals surface area contributed by atoms with Crippen molar-refractivity contribution >= 4 is 23.0 Å². The molecular formula is C44H39N2O2+. The first kappa shape index (κ1) is 31.0. The normalized spacial score (nSPS) is 18.4. The van der Waals surface area contributed by atoms with Gasteiger partial charge >= 0.3 is 0 Å². The molecule has 48 heavy (non-hydrogen) atoms. The van der Waals surface area contributed by atoms with Gasteiger partial charge in [0.25, 0.3) is 0 Å². The quantitative estimate of drug-likeness (QED) is 0.109. The average molecular weight is 628 g/mol. The Bertz CT molecular complexity index is 1830. The molecule has 0 bridgehead atoms. The molecule has 4 heteroatoms. The first-order valence-corrected chi connectivity index (χ1v) is 16.7. The summed E-state index contributed by atoms with van der Waals surface area (Å²) in [7, 11) is 0. The second-order valence-corrected chi connectivity index (χ2v) is 12.7. The fourth-order valence-electron chi connectivity index (χ4n) is 6.79. The summed E-state index contributed by atoms with van der Waals surface area (Å²) < 4.78 is 2.33. The van der Waals surface area contributed by atoms with E-state index < -0.39 is 11.8 Å². The Morgan fingerprint density at radius 3 is 1.35 bits per heavy atom. The number of carbonyl (C=O) groups excluding carboxylic acids is 2. The number of carbonyl (C=O) groups is 2. The molecule has 7 rings (SSSR count). The van der Waals surface area contributed by atoms with Crippen LogP contribution in [0.1, 0.15) is 33.7 Å². The van der Waals surface area contributed by atoms with Crippen LogP contribution in [0.3, 0.4) is 0 Å². The molecule has 236 valence electrons. The van der Waals surface area contributed by atoms with Gasteiger partial charge in [0, 0.05) is 48.0 Å². The number of benzene rings is 5. The molecule has 0 radical (unpaired) electrons. The highest BCUT2D eigenvalue weighted by molar-refractivity contribution is 6.28. The summed E-state index contributed by atoms with van der Waals surface area (Å²) in [5, 5.41) is 0. The van der Waals surface area contributed by atoms with E-state index in [1.165, 1.54) is 22.3 Å². The zero-order valence-electron chi connectivity index (χ0n) is 26.9. The third kappa shape index (κ3) is 7.03. The molecule has 0 spiro atoms. The van der Waals surface area contributed by atoms with Gasteiger partial charge in [0.15, 0.2) is 30.4 Å². The van der Waals surface area contributed by atoms with Crippen molar-refractivity contribution in [3.05, 3.63) is 198 Å². The van der Waals surface area contributed by atoms with Crippen molar-refractivity contribution in [1.29, 1.82) is 0 Å². The monoisotopic (exact) mass is 627 g/mol. The second-order valence-electron chi connectivity index (χ2n) is 12.7. The summed E-state index contributed by atoms with van der Waals surface area (Å²) in [5.74, 6) is -1.54. The molecule has 0 saturated heterocycles. The maximum atomic E-state index is 13.6. The van der Waals surface area contributed by atoms with Crippen LogP contribution in [-0.4, -0.2) is 21.9 Å². The van der Waals surface area contributed by atoms with Crippen LogP contribution >= 0.6 is 0 Å². The molecule has 0 heterocycles. The van der Waals surface area contributed by atoms with E-state index >= 15 is 0 Å². The lowest BCUT2D eigenvalue weighted by atomic mass is 9.63. The van der Waals surface area contributed by atoms with Gasteiger partial charge in [-0.05, 0) is 28.8 Å².